The molecule has 2 aromatic rings. The second-order valence-electron chi connectivity index (χ2n) is 6.47. The van der Waals surface area contributed by atoms with Gasteiger partial charge in [0.2, 0.25) is 0 Å². The van der Waals surface area contributed by atoms with E-state index in [0.717, 1.165) is 19.6 Å². The predicted octanol–water partition coefficient (Wildman–Crippen LogP) is 3.78. The first-order valence-electron chi connectivity index (χ1n) is 9.13. The van der Waals surface area contributed by atoms with Crippen molar-refractivity contribution in [3.63, 3.8) is 0 Å². The van der Waals surface area contributed by atoms with Gasteiger partial charge in [-0.05, 0) is 37.4 Å². The van der Waals surface area contributed by atoms with Gasteiger partial charge in [-0.3, -0.25) is 20.0 Å². The summed E-state index contributed by atoms with van der Waals surface area (Å²) < 4.78 is 0. The molecule has 0 radical (unpaired) electrons. The monoisotopic (exact) mass is 515 g/mol. The van der Waals surface area contributed by atoms with Gasteiger partial charge >= 0.3 is 0 Å². The normalized spacial score (nSPS) is 15.7. The van der Waals surface area contributed by atoms with E-state index in [-0.39, 0.29) is 34.6 Å². The largest absolute Gasteiger partial charge is 0.354 e. The van der Waals surface area contributed by atoms with Gasteiger partial charge in [0.25, 0.3) is 5.69 Å². The van der Waals surface area contributed by atoms with Gasteiger partial charge in [0, 0.05) is 36.6 Å². The summed E-state index contributed by atoms with van der Waals surface area (Å²) in [4.78, 5) is 18.9. The lowest BCUT2D eigenvalue weighted by Crippen LogP contribution is -2.42. The van der Waals surface area contributed by atoms with Crippen LogP contribution in [-0.2, 0) is 6.54 Å². The minimum atomic E-state index is -0.354. The number of halogens is 1. The second-order valence-corrected chi connectivity index (χ2v) is 7.45. The van der Waals surface area contributed by atoms with Crippen molar-refractivity contribution in [1.29, 1.82) is 0 Å². The number of para-hydroxylation sites is 1. The number of nitrogens with one attached hydrogen (secondary N) is 2. The molecule has 152 valence electrons. The number of aliphatic imine (C=N–C) groups is 1. The summed E-state index contributed by atoms with van der Waals surface area (Å²) in [6.07, 6.45) is 2.49. The van der Waals surface area contributed by atoms with Crippen molar-refractivity contribution in [2.24, 2.45) is 4.99 Å². The van der Waals surface area contributed by atoms with Crippen LogP contribution < -0.4 is 10.6 Å². The first-order chi connectivity index (χ1) is 13.2. The Labute approximate surface area is 186 Å². The zero-order chi connectivity index (χ0) is 19.1. The molecule has 1 atom stereocenters. The molecule has 1 fully saturated rings. The summed E-state index contributed by atoms with van der Waals surface area (Å²) in [5, 5.41) is 19.8. The maximum absolute atomic E-state index is 11.2. The molecule has 28 heavy (non-hydrogen) atoms. The maximum atomic E-state index is 11.2. The van der Waals surface area contributed by atoms with E-state index in [1.807, 2.05) is 0 Å². The molecule has 0 amide bonds. The molecule has 7 nitrogen and oxygen atoms in total. The minimum absolute atomic E-state index is 0. The molecule has 0 saturated carbocycles. The first-order valence-corrected chi connectivity index (χ1v) is 10.0. The average Bonchev–Trinajstić information content (AvgIpc) is 3.39. The van der Waals surface area contributed by atoms with Gasteiger partial charge in [-0.2, -0.15) is 0 Å². The van der Waals surface area contributed by atoms with E-state index in [0.29, 0.717) is 24.1 Å². The highest BCUT2D eigenvalue weighted by atomic mass is 127. The smallest absolute Gasteiger partial charge is 0.274 e. The van der Waals surface area contributed by atoms with E-state index < -0.39 is 0 Å². The fraction of sp³-hybridized carbons (Fsp3) is 0.421. The average molecular weight is 515 g/mol. The van der Waals surface area contributed by atoms with Gasteiger partial charge in [0.05, 0.1) is 11.0 Å². The zero-order valence-corrected chi connectivity index (χ0v) is 19.0. The lowest BCUT2D eigenvalue weighted by atomic mass is 10.2. The van der Waals surface area contributed by atoms with Crippen molar-refractivity contribution in [2.45, 2.75) is 25.4 Å². The van der Waals surface area contributed by atoms with Gasteiger partial charge in [0.1, 0.15) is 0 Å². The minimum Gasteiger partial charge on any atom is -0.354 e. The summed E-state index contributed by atoms with van der Waals surface area (Å²) >= 11 is 1.78. The number of nitro groups is 1. The van der Waals surface area contributed by atoms with Crippen LogP contribution >= 0.6 is 35.3 Å². The molecule has 1 saturated heterocycles. The van der Waals surface area contributed by atoms with Crippen LogP contribution in [0.25, 0.3) is 0 Å². The van der Waals surface area contributed by atoms with Crippen LogP contribution in [0.1, 0.15) is 29.3 Å². The Bertz CT molecular complexity index is 778. The predicted molar refractivity (Wildman–Crippen MR) is 125 cm³/mol. The third kappa shape index (κ3) is 5.89. The third-order valence-electron chi connectivity index (χ3n) is 4.77. The molecule has 0 spiro atoms. The number of nitrogens with zero attached hydrogens (tertiary/aromatic N) is 3. The molecule has 1 aliphatic heterocycles. The summed E-state index contributed by atoms with van der Waals surface area (Å²) in [6.45, 7) is 3.33. The molecule has 1 aromatic heterocycles. The highest BCUT2D eigenvalue weighted by Crippen LogP contribution is 2.27. The van der Waals surface area contributed by atoms with E-state index in [1.165, 1.54) is 23.8 Å². The molecule has 3 rings (SSSR count). The summed E-state index contributed by atoms with van der Waals surface area (Å²) in [6, 6.07) is 11.3. The number of hydrogen-bond acceptors (Lipinski definition) is 5. The Kier molecular flexibility index (Phi) is 9.13. The Hall–Kier alpha value is -1.72. The molecule has 9 heteroatoms. The molecule has 1 unspecified atom stereocenters. The number of likely N-dealkylation sites (tertiary alicyclic amines) is 1. The number of rotatable bonds is 7. The van der Waals surface area contributed by atoms with E-state index in [1.54, 1.807) is 36.6 Å². The molecule has 0 bridgehead atoms. The number of nitro benzene ring substituents is 1. The highest BCUT2D eigenvalue weighted by molar-refractivity contribution is 14.0. The van der Waals surface area contributed by atoms with Gasteiger partial charge in [0.15, 0.2) is 5.96 Å². The van der Waals surface area contributed by atoms with E-state index in [4.69, 9.17) is 0 Å². The molecule has 2 N–H and O–H groups in total. The van der Waals surface area contributed by atoms with Crippen LogP contribution in [0.3, 0.4) is 0 Å². The van der Waals surface area contributed by atoms with Crippen molar-refractivity contribution in [1.82, 2.24) is 15.5 Å². The van der Waals surface area contributed by atoms with Crippen LogP contribution in [0.15, 0.2) is 46.8 Å². The van der Waals surface area contributed by atoms with E-state index in [9.17, 15) is 10.1 Å². The second kappa shape index (κ2) is 11.3. The van der Waals surface area contributed by atoms with E-state index >= 15 is 0 Å². The summed E-state index contributed by atoms with van der Waals surface area (Å²) in [5.74, 6) is 0.647. The SMILES string of the molecule is CN=C(NCc1ccccc1[N+](=O)[O-])NCC(c1cccs1)N1CCCC1.I. The quantitative estimate of drug-likeness (QED) is 0.193. The van der Waals surface area contributed by atoms with Gasteiger partial charge in [-0.25, -0.2) is 0 Å². The Balaban J connectivity index is 0.00000280. The molecule has 0 aliphatic carbocycles. The number of thiophene rings is 1. The van der Waals surface area contributed by atoms with Crippen molar-refractivity contribution in [2.75, 3.05) is 26.7 Å². The lowest BCUT2D eigenvalue weighted by molar-refractivity contribution is -0.385. The fourth-order valence-corrected chi connectivity index (χ4v) is 4.24. The van der Waals surface area contributed by atoms with Gasteiger partial charge < -0.3 is 10.6 Å². The maximum Gasteiger partial charge on any atom is 0.274 e. The highest BCUT2D eigenvalue weighted by Gasteiger charge is 2.24. The molecule has 1 aliphatic rings. The van der Waals surface area contributed by atoms with Gasteiger partial charge in [-0.15, -0.1) is 35.3 Å². The van der Waals surface area contributed by atoms with E-state index in [2.05, 4.69) is 38.0 Å². The van der Waals surface area contributed by atoms with Crippen molar-refractivity contribution in [3.05, 3.63) is 62.3 Å². The van der Waals surface area contributed by atoms with Crippen LogP contribution in [-0.4, -0.2) is 42.5 Å². The van der Waals surface area contributed by atoms with Crippen LogP contribution in [0.5, 0.6) is 0 Å². The molecule has 1 aromatic carbocycles. The lowest BCUT2D eigenvalue weighted by Gasteiger charge is -2.27. The molecule has 2 heterocycles. The number of guanidine groups is 1. The topological polar surface area (TPSA) is 82.8 Å². The summed E-state index contributed by atoms with van der Waals surface area (Å²) in [7, 11) is 1.71. The number of hydrogen-bond donors (Lipinski definition) is 2. The van der Waals surface area contributed by atoms with Crippen LogP contribution in [0.2, 0.25) is 0 Å². The number of benzene rings is 1. The third-order valence-corrected chi connectivity index (χ3v) is 5.75. The van der Waals surface area contributed by atoms with Gasteiger partial charge in [-0.1, -0.05) is 24.3 Å². The van der Waals surface area contributed by atoms with Crippen molar-refractivity contribution in [3.8, 4) is 0 Å². The Morgan fingerprint density at radius 1 is 1.25 bits per heavy atom. The van der Waals surface area contributed by atoms with Crippen molar-refractivity contribution >= 4 is 47.0 Å². The molecular weight excluding hydrogens is 489 g/mol. The molecular formula is C19H26IN5O2S. The Morgan fingerprint density at radius 2 is 2.00 bits per heavy atom. The zero-order valence-electron chi connectivity index (χ0n) is 15.8. The summed E-state index contributed by atoms with van der Waals surface area (Å²) in [5.41, 5.74) is 0.758. The van der Waals surface area contributed by atoms with Crippen LogP contribution in [0, 0.1) is 10.1 Å². The van der Waals surface area contributed by atoms with Crippen molar-refractivity contribution < 1.29 is 4.92 Å². The van der Waals surface area contributed by atoms with Crippen LogP contribution in [0.4, 0.5) is 5.69 Å². The Morgan fingerprint density at radius 3 is 2.64 bits per heavy atom. The fourth-order valence-electron chi connectivity index (χ4n) is 3.38. The first kappa shape index (κ1) is 22.6. The standard InChI is InChI=1S/C19H25N5O2S.HI/c1-20-19(21-13-15-7-2-3-8-16(15)24(25)26)22-14-17(18-9-6-12-27-18)23-10-4-5-11-23;/h2-3,6-9,12,17H,4-5,10-11,13-14H2,1H3,(H2,20,21,22);1H.